The van der Waals surface area contributed by atoms with Gasteiger partial charge in [-0.25, -0.2) is 0 Å². The zero-order valence-electron chi connectivity index (χ0n) is 8.82. The Morgan fingerprint density at radius 2 is 1.69 bits per heavy atom. The van der Waals surface area contributed by atoms with Gasteiger partial charge in [-0.1, -0.05) is 22.0 Å². The fraction of sp³-hybridized carbons (Fsp3) is 0.0769. The third kappa shape index (κ3) is 2.77. The SMILES string of the molecule is CN(c1ccc(Br)cc1)c1cccc(I)c1. The van der Waals surface area contributed by atoms with Crippen LogP contribution in [-0.4, -0.2) is 7.05 Å². The Morgan fingerprint density at radius 1 is 1.00 bits per heavy atom. The molecule has 0 unspecified atom stereocenters. The Balaban J connectivity index is 2.31. The minimum absolute atomic E-state index is 1.10. The van der Waals surface area contributed by atoms with Crippen LogP contribution in [0.4, 0.5) is 11.4 Å². The van der Waals surface area contributed by atoms with E-state index in [1.165, 1.54) is 14.9 Å². The highest BCUT2D eigenvalue weighted by Gasteiger charge is 2.03. The van der Waals surface area contributed by atoms with Gasteiger partial charge in [-0.05, 0) is 65.1 Å². The first-order valence-corrected chi connectivity index (χ1v) is 6.79. The van der Waals surface area contributed by atoms with E-state index in [2.05, 4.69) is 99.0 Å². The third-order valence-corrected chi connectivity index (χ3v) is 3.61. The summed E-state index contributed by atoms with van der Waals surface area (Å²) in [5.74, 6) is 0. The molecule has 0 aliphatic carbocycles. The van der Waals surface area contributed by atoms with Crippen LogP contribution in [0.25, 0.3) is 0 Å². The molecule has 0 amide bonds. The maximum Gasteiger partial charge on any atom is 0.0418 e. The Hall–Kier alpha value is -0.550. The van der Waals surface area contributed by atoms with Crippen LogP contribution in [0.2, 0.25) is 0 Å². The molecule has 82 valence electrons. The summed E-state index contributed by atoms with van der Waals surface area (Å²) in [4.78, 5) is 2.18. The summed E-state index contributed by atoms with van der Waals surface area (Å²) < 4.78 is 2.35. The van der Waals surface area contributed by atoms with E-state index in [1.807, 2.05) is 0 Å². The molecule has 1 nitrogen and oxygen atoms in total. The van der Waals surface area contributed by atoms with Crippen LogP contribution >= 0.6 is 38.5 Å². The molecule has 0 aliphatic rings. The van der Waals surface area contributed by atoms with E-state index in [9.17, 15) is 0 Å². The van der Waals surface area contributed by atoms with E-state index in [4.69, 9.17) is 0 Å². The van der Waals surface area contributed by atoms with Crippen molar-refractivity contribution in [1.29, 1.82) is 0 Å². The fourth-order valence-corrected chi connectivity index (χ4v) is 2.29. The van der Waals surface area contributed by atoms with Crippen molar-refractivity contribution in [3.05, 3.63) is 56.6 Å². The molecule has 2 aromatic carbocycles. The van der Waals surface area contributed by atoms with Gasteiger partial charge in [-0.2, -0.15) is 0 Å². The third-order valence-electron chi connectivity index (χ3n) is 2.41. The summed E-state index contributed by atoms with van der Waals surface area (Å²) in [5.41, 5.74) is 2.39. The highest BCUT2D eigenvalue weighted by molar-refractivity contribution is 14.1. The van der Waals surface area contributed by atoms with Crippen molar-refractivity contribution in [2.24, 2.45) is 0 Å². The predicted octanol–water partition coefficient (Wildman–Crippen LogP) is 4.82. The van der Waals surface area contributed by atoms with Gasteiger partial charge in [0.05, 0.1) is 0 Å². The summed E-state index contributed by atoms with van der Waals surface area (Å²) in [5, 5.41) is 0. The topological polar surface area (TPSA) is 3.24 Å². The Labute approximate surface area is 118 Å². The van der Waals surface area contributed by atoms with E-state index in [1.54, 1.807) is 0 Å². The Kier molecular flexibility index (Phi) is 3.86. The van der Waals surface area contributed by atoms with Crippen molar-refractivity contribution in [1.82, 2.24) is 0 Å². The minimum Gasteiger partial charge on any atom is -0.345 e. The number of hydrogen-bond acceptors (Lipinski definition) is 1. The summed E-state index contributed by atoms with van der Waals surface area (Å²) in [6.45, 7) is 0. The molecule has 16 heavy (non-hydrogen) atoms. The van der Waals surface area contributed by atoms with E-state index in [-0.39, 0.29) is 0 Å². The predicted molar refractivity (Wildman–Crippen MR) is 81.4 cm³/mol. The molecule has 2 rings (SSSR count). The second kappa shape index (κ2) is 5.19. The van der Waals surface area contributed by atoms with Crippen molar-refractivity contribution in [2.45, 2.75) is 0 Å². The van der Waals surface area contributed by atoms with Gasteiger partial charge in [-0.15, -0.1) is 0 Å². The summed E-state index contributed by atoms with van der Waals surface area (Å²) in [7, 11) is 2.08. The average Bonchev–Trinajstić information content (AvgIpc) is 2.29. The van der Waals surface area contributed by atoms with E-state index >= 15 is 0 Å². The lowest BCUT2D eigenvalue weighted by atomic mass is 10.2. The fourth-order valence-electron chi connectivity index (χ4n) is 1.50. The number of nitrogens with zero attached hydrogens (tertiary/aromatic N) is 1. The molecular formula is C13H11BrIN. The monoisotopic (exact) mass is 387 g/mol. The van der Waals surface area contributed by atoms with Crippen molar-refractivity contribution in [3.63, 3.8) is 0 Å². The molecule has 0 heterocycles. The standard InChI is InChI=1S/C13H11BrIN/c1-16(12-7-5-10(14)6-8-12)13-4-2-3-11(15)9-13/h2-9H,1H3. The molecule has 0 saturated carbocycles. The number of benzene rings is 2. The van der Waals surface area contributed by atoms with Gasteiger partial charge in [0, 0.05) is 26.5 Å². The average molecular weight is 388 g/mol. The minimum atomic E-state index is 1.10. The van der Waals surface area contributed by atoms with E-state index in [0.717, 1.165) is 4.47 Å². The molecule has 0 aromatic heterocycles. The first kappa shape index (κ1) is 11.9. The van der Waals surface area contributed by atoms with Gasteiger partial charge in [0.2, 0.25) is 0 Å². The Morgan fingerprint density at radius 3 is 2.31 bits per heavy atom. The normalized spacial score (nSPS) is 10.2. The second-order valence-electron chi connectivity index (χ2n) is 3.52. The lowest BCUT2D eigenvalue weighted by Crippen LogP contribution is -2.09. The number of anilines is 2. The van der Waals surface area contributed by atoms with Gasteiger partial charge in [0.15, 0.2) is 0 Å². The maximum absolute atomic E-state index is 3.44. The summed E-state index contributed by atoms with van der Waals surface area (Å²) >= 11 is 5.77. The smallest absolute Gasteiger partial charge is 0.0418 e. The quantitative estimate of drug-likeness (QED) is 0.667. The first-order valence-electron chi connectivity index (χ1n) is 4.92. The molecule has 0 aliphatic heterocycles. The molecule has 0 N–H and O–H groups in total. The van der Waals surface area contributed by atoms with Crippen LogP contribution in [0.3, 0.4) is 0 Å². The molecule has 0 radical (unpaired) electrons. The van der Waals surface area contributed by atoms with Crippen LogP contribution in [0, 0.1) is 3.57 Å². The second-order valence-corrected chi connectivity index (χ2v) is 5.68. The number of halogens is 2. The number of rotatable bonds is 2. The zero-order chi connectivity index (χ0) is 11.5. The van der Waals surface area contributed by atoms with Gasteiger partial charge in [-0.3, -0.25) is 0 Å². The van der Waals surface area contributed by atoms with E-state index in [0.29, 0.717) is 0 Å². The molecule has 3 heteroatoms. The Bertz CT molecular complexity index is 482. The maximum atomic E-state index is 3.44. The highest BCUT2D eigenvalue weighted by atomic mass is 127. The van der Waals surface area contributed by atoms with Gasteiger partial charge in [0.1, 0.15) is 0 Å². The zero-order valence-corrected chi connectivity index (χ0v) is 12.6. The van der Waals surface area contributed by atoms with Crippen LogP contribution in [-0.2, 0) is 0 Å². The molecular weight excluding hydrogens is 377 g/mol. The van der Waals surface area contributed by atoms with Crippen molar-refractivity contribution < 1.29 is 0 Å². The molecule has 0 spiro atoms. The lowest BCUT2D eigenvalue weighted by Gasteiger charge is -2.19. The molecule has 0 saturated heterocycles. The van der Waals surface area contributed by atoms with Crippen LogP contribution in [0.5, 0.6) is 0 Å². The number of hydrogen-bond donors (Lipinski definition) is 0. The van der Waals surface area contributed by atoms with Crippen molar-refractivity contribution in [3.8, 4) is 0 Å². The molecule has 0 atom stereocenters. The van der Waals surface area contributed by atoms with Gasteiger partial charge >= 0.3 is 0 Å². The van der Waals surface area contributed by atoms with Gasteiger partial charge in [0.25, 0.3) is 0 Å². The van der Waals surface area contributed by atoms with E-state index < -0.39 is 0 Å². The van der Waals surface area contributed by atoms with Crippen molar-refractivity contribution in [2.75, 3.05) is 11.9 Å². The highest BCUT2D eigenvalue weighted by Crippen LogP contribution is 2.25. The van der Waals surface area contributed by atoms with Gasteiger partial charge < -0.3 is 4.90 Å². The van der Waals surface area contributed by atoms with Crippen LogP contribution < -0.4 is 4.90 Å². The first-order chi connectivity index (χ1) is 7.66. The van der Waals surface area contributed by atoms with Crippen LogP contribution in [0.15, 0.2) is 53.0 Å². The van der Waals surface area contributed by atoms with Crippen molar-refractivity contribution >= 4 is 49.9 Å². The molecule has 0 fully saturated rings. The summed E-state index contributed by atoms with van der Waals surface area (Å²) in [6, 6.07) is 16.8. The molecule has 2 aromatic rings. The molecule has 0 bridgehead atoms. The lowest BCUT2D eigenvalue weighted by molar-refractivity contribution is 1.20. The summed E-state index contributed by atoms with van der Waals surface area (Å²) in [6.07, 6.45) is 0. The van der Waals surface area contributed by atoms with Crippen LogP contribution in [0.1, 0.15) is 0 Å². The largest absolute Gasteiger partial charge is 0.345 e.